The van der Waals surface area contributed by atoms with Crippen molar-refractivity contribution >= 4 is 23.3 Å². The Morgan fingerprint density at radius 3 is 2.89 bits per heavy atom. The Labute approximate surface area is 118 Å². The molecule has 5 heteroatoms. The maximum atomic E-state index is 11.3. The molecule has 4 nitrogen and oxygen atoms in total. The van der Waals surface area contributed by atoms with Gasteiger partial charge >= 0.3 is 5.97 Å². The Bertz CT molecular complexity index is 464. The monoisotopic (exact) mass is 283 g/mol. The molecule has 0 bridgehead atoms. The number of carbonyl (C=O) groups is 1. The van der Waals surface area contributed by atoms with Gasteiger partial charge in [0, 0.05) is 18.8 Å². The van der Waals surface area contributed by atoms with Gasteiger partial charge < -0.3 is 14.4 Å². The summed E-state index contributed by atoms with van der Waals surface area (Å²) in [7, 11) is 3.03. The van der Waals surface area contributed by atoms with Crippen molar-refractivity contribution < 1.29 is 14.3 Å². The smallest absolute Gasteiger partial charge is 0.305 e. The fourth-order valence-electron chi connectivity index (χ4n) is 2.40. The normalized spacial score (nSPS) is 18.5. The van der Waals surface area contributed by atoms with Crippen LogP contribution in [0.2, 0.25) is 5.02 Å². The van der Waals surface area contributed by atoms with Crippen molar-refractivity contribution in [2.75, 3.05) is 32.2 Å². The predicted octanol–water partition coefficient (Wildman–Crippen LogP) is 2.74. The van der Waals surface area contributed by atoms with Crippen LogP contribution in [0.4, 0.5) is 5.69 Å². The standard InChI is InChI=1S/C14H18ClNO3/c1-18-13-4-3-11(8-12(13)15)16-6-5-10(9-16)7-14(17)19-2/h3-4,8,10H,5-7,9H2,1-2H3. The first-order valence-corrected chi connectivity index (χ1v) is 6.67. The summed E-state index contributed by atoms with van der Waals surface area (Å²) in [6.45, 7) is 1.79. The fourth-order valence-corrected chi connectivity index (χ4v) is 2.66. The van der Waals surface area contributed by atoms with E-state index in [4.69, 9.17) is 21.1 Å². The van der Waals surface area contributed by atoms with Gasteiger partial charge in [-0.2, -0.15) is 0 Å². The highest BCUT2D eigenvalue weighted by atomic mass is 35.5. The quantitative estimate of drug-likeness (QED) is 0.797. The predicted molar refractivity (Wildman–Crippen MR) is 75.0 cm³/mol. The molecule has 0 spiro atoms. The SMILES string of the molecule is COC(=O)CC1CCN(c2ccc(OC)c(Cl)c2)C1. The molecule has 19 heavy (non-hydrogen) atoms. The lowest BCUT2D eigenvalue weighted by Gasteiger charge is -2.19. The van der Waals surface area contributed by atoms with Crippen molar-refractivity contribution in [3.63, 3.8) is 0 Å². The Balaban J connectivity index is 2.00. The van der Waals surface area contributed by atoms with Crippen LogP contribution in [0.3, 0.4) is 0 Å². The molecule has 0 amide bonds. The maximum Gasteiger partial charge on any atom is 0.305 e. The van der Waals surface area contributed by atoms with E-state index in [-0.39, 0.29) is 5.97 Å². The Morgan fingerprint density at radius 1 is 1.47 bits per heavy atom. The van der Waals surface area contributed by atoms with Crippen LogP contribution in [0.1, 0.15) is 12.8 Å². The number of hydrogen-bond donors (Lipinski definition) is 0. The molecule has 1 unspecified atom stereocenters. The average Bonchev–Trinajstić information content (AvgIpc) is 2.87. The molecule has 1 fully saturated rings. The molecule has 1 saturated heterocycles. The van der Waals surface area contributed by atoms with Gasteiger partial charge in [0.15, 0.2) is 0 Å². The number of nitrogens with zero attached hydrogens (tertiary/aromatic N) is 1. The molecule has 1 atom stereocenters. The minimum atomic E-state index is -0.139. The van der Waals surface area contributed by atoms with E-state index < -0.39 is 0 Å². The third kappa shape index (κ3) is 3.32. The summed E-state index contributed by atoms with van der Waals surface area (Å²) in [6, 6.07) is 5.76. The number of rotatable bonds is 4. The molecule has 1 heterocycles. The molecule has 0 aliphatic carbocycles. The van der Waals surface area contributed by atoms with Gasteiger partial charge in [0.2, 0.25) is 0 Å². The van der Waals surface area contributed by atoms with Gasteiger partial charge in [0.1, 0.15) is 5.75 Å². The molecule has 104 valence electrons. The Hall–Kier alpha value is -1.42. The number of methoxy groups -OCH3 is 2. The summed E-state index contributed by atoms with van der Waals surface area (Å²) < 4.78 is 9.85. The maximum absolute atomic E-state index is 11.3. The topological polar surface area (TPSA) is 38.8 Å². The first-order chi connectivity index (χ1) is 9.13. The second-order valence-corrected chi connectivity index (χ2v) is 5.11. The first-order valence-electron chi connectivity index (χ1n) is 6.29. The van der Waals surface area contributed by atoms with E-state index in [0.29, 0.717) is 23.1 Å². The van der Waals surface area contributed by atoms with Crippen molar-refractivity contribution in [2.45, 2.75) is 12.8 Å². The van der Waals surface area contributed by atoms with Crippen molar-refractivity contribution in [2.24, 2.45) is 5.92 Å². The lowest BCUT2D eigenvalue weighted by atomic mass is 10.1. The minimum Gasteiger partial charge on any atom is -0.495 e. The molecular formula is C14H18ClNO3. The molecule has 1 aliphatic heterocycles. The van der Waals surface area contributed by atoms with Gasteiger partial charge in [-0.05, 0) is 30.5 Å². The summed E-state index contributed by atoms with van der Waals surface area (Å²) in [4.78, 5) is 13.5. The van der Waals surface area contributed by atoms with E-state index in [1.165, 1.54) is 7.11 Å². The first kappa shape index (κ1) is 14.0. The van der Waals surface area contributed by atoms with E-state index in [2.05, 4.69) is 4.90 Å². The molecular weight excluding hydrogens is 266 g/mol. The zero-order valence-electron chi connectivity index (χ0n) is 11.2. The number of ether oxygens (including phenoxy) is 2. The van der Waals surface area contributed by atoms with E-state index in [1.807, 2.05) is 18.2 Å². The molecule has 2 rings (SSSR count). The van der Waals surface area contributed by atoms with Crippen LogP contribution in [0.15, 0.2) is 18.2 Å². The summed E-state index contributed by atoms with van der Waals surface area (Å²) in [5.74, 6) is 0.892. The highest BCUT2D eigenvalue weighted by Gasteiger charge is 2.25. The summed E-state index contributed by atoms with van der Waals surface area (Å²) in [6.07, 6.45) is 1.48. The van der Waals surface area contributed by atoms with Gasteiger partial charge in [0.05, 0.1) is 25.7 Å². The number of esters is 1. The van der Waals surface area contributed by atoms with Gasteiger partial charge in [-0.25, -0.2) is 0 Å². The average molecular weight is 284 g/mol. The van der Waals surface area contributed by atoms with Crippen LogP contribution in [0, 0.1) is 5.92 Å². The molecule has 0 N–H and O–H groups in total. The molecule has 1 aliphatic rings. The summed E-state index contributed by atoms with van der Waals surface area (Å²) >= 11 is 6.13. The van der Waals surface area contributed by atoms with Crippen LogP contribution in [0.5, 0.6) is 5.75 Å². The van der Waals surface area contributed by atoms with E-state index in [0.717, 1.165) is 25.2 Å². The highest BCUT2D eigenvalue weighted by Crippen LogP contribution is 2.32. The molecule has 0 aromatic heterocycles. The van der Waals surface area contributed by atoms with Gasteiger partial charge in [0.25, 0.3) is 0 Å². The lowest BCUT2D eigenvalue weighted by Crippen LogP contribution is -2.20. The van der Waals surface area contributed by atoms with E-state index >= 15 is 0 Å². The summed E-state index contributed by atoms with van der Waals surface area (Å²) in [5.41, 5.74) is 1.07. The van der Waals surface area contributed by atoms with Crippen molar-refractivity contribution in [1.82, 2.24) is 0 Å². The van der Waals surface area contributed by atoms with Crippen molar-refractivity contribution in [1.29, 1.82) is 0 Å². The third-order valence-corrected chi connectivity index (χ3v) is 3.76. The Kier molecular flexibility index (Phi) is 4.53. The third-order valence-electron chi connectivity index (χ3n) is 3.47. The number of anilines is 1. The number of carbonyl (C=O) groups excluding carboxylic acids is 1. The largest absolute Gasteiger partial charge is 0.495 e. The van der Waals surface area contributed by atoms with Crippen molar-refractivity contribution in [3.05, 3.63) is 23.2 Å². The molecule has 0 radical (unpaired) electrons. The van der Waals surface area contributed by atoms with E-state index in [1.54, 1.807) is 7.11 Å². The molecule has 1 aromatic rings. The number of hydrogen-bond acceptors (Lipinski definition) is 4. The van der Waals surface area contributed by atoms with Gasteiger partial charge in [-0.1, -0.05) is 11.6 Å². The van der Waals surface area contributed by atoms with Crippen LogP contribution < -0.4 is 9.64 Å². The highest BCUT2D eigenvalue weighted by molar-refractivity contribution is 6.32. The van der Waals surface area contributed by atoms with Crippen LogP contribution >= 0.6 is 11.6 Å². The molecule has 0 saturated carbocycles. The summed E-state index contributed by atoms with van der Waals surface area (Å²) in [5, 5.41) is 0.608. The Morgan fingerprint density at radius 2 is 2.26 bits per heavy atom. The number of benzene rings is 1. The van der Waals surface area contributed by atoms with Crippen molar-refractivity contribution in [3.8, 4) is 5.75 Å². The van der Waals surface area contributed by atoms with E-state index in [9.17, 15) is 4.79 Å². The zero-order chi connectivity index (χ0) is 13.8. The second kappa shape index (κ2) is 6.15. The zero-order valence-corrected chi connectivity index (χ0v) is 11.9. The minimum absolute atomic E-state index is 0.139. The van der Waals surface area contributed by atoms with Gasteiger partial charge in [-0.15, -0.1) is 0 Å². The lowest BCUT2D eigenvalue weighted by molar-refractivity contribution is -0.141. The van der Waals surface area contributed by atoms with Gasteiger partial charge in [-0.3, -0.25) is 4.79 Å². The number of halogens is 1. The van der Waals surface area contributed by atoms with Crippen LogP contribution in [-0.2, 0) is 9.53 Å². The van der Waals surface area contributed by atoms with Crippen LogP contribution in [-0.4, -0.2) is 33.3 Å². The second-order valence-electron chi connectivity index (χ2n) is 4.70. The fraction of sp³-hybridized carbons (Fsp3) is 0.500. The van der Waals surface area contributed by atoms with Crippen LogP contribution in [0.25, 0.3) is 0 Å². The molecule has 1 aromatic carbocycles.